The monoisotopic (exact) mass is 232 g/mol. The van der Waals surface area contributed by atoms with Crippen molar-refractivity contribution in [2.45, 2.75) is 31.4 Å². The number of likely N-dealkylation sites (tertiary alicyclic amines) is 1. The smallest absolute Gasteiger partial charge is 0.137 e. The predicted octanol–water partition coefficient (Wildman–Crippen LogP) is 0.629. The fourth-order valence-electron chi connectivity index (χ4n) is 1.35. The van der Waals surface area contributed by atoms with Gasteiger partial charge in [0, 0.05) is 18.3 Å². The van der Waals surface area contributed by atoms with Crippen molar-refractivity contribution in [2.24, 2.45) is 0 Å². The van der Waals surface area contributed by atoms with Gasteiger partial charge in [-0.3, -0.25) is 0 Å². The van der Waals surface area contributed by atoms with Crippen LogP contribution in [0.3, 0.4) is 0 Å². The van der Waals surface area contributed by atoms with Crippen LogP contribution in [0.15, 0.2) is 0 Å². The first kappa shape index (κ1) is 11.8. The van der Waals surface area contributed by atoms with Crippen LogP contribution in [0.5, 0.6) is 0 Å². The third-order valence-corrected chi connectivity index (χ3v) is 3.78. The molecule has 0 unspecified atom stereocenters. The molecule has 1 heterocycles. The molecule has 0 N–H and O–H groups in total. The third kappa shape index (κ3) is 3.46. The van der Waals surface area contributed by atoms with Crippen molar-refractivity contribution in [2.75, 3.05) is 13.1 Å². The Morgan fingerprint density at radius 1 is 1.43 bits per heavy atom. The molecular weight excluding hydrogens is 218 g/mol. The van der Waals surface area contributed by atoms with E-state index in [2.05, 4.69) is 4.90 Å². The van der Waals surface area contributed by atoms with E-state index in [0.717, 1.165) is 25.9 Å². The van der Waals surface area contributed by atoms with Crippen LogP contribution in [0.2, 0.25) is 0 Å². The average molecular weight is 232 g/mol. The Morgan fingerprint density at radius 2 is 2.00 bits per heavy atom. The van der Waals surface area contributed by atoms with Crippen LogP contribution in [-0.4, -0.2) is 33.5 Å². The maximum Gasteiger partial charge on any atom is 0.137 e. The molecule has 0 aromatic heterocycles. The van der Waals surface area contributed by atoms with Gasteiger partial charge in [-0.05, 0) is 26.2 Å². The number of nitrogens with zero attached hydrogens (tertiary/aromatic N) is 1. The summed E-state index contributed by atoms with van der Waals surface area (Å²) in [5, 5.41) is 9.96. The second-order valence-corrected chi connectivity index (χ2v) is 5.37. The summed E-state index contributed by atoms with van der Waals surface area (Å²) in [4.78, 5) is 12.6. The molecule has 1 aliphatic heterocycles. The molecule has 0 radical (unpaired) electrons. The molecule has 14 heavy (non-hydrogen) atoms. The normalized spacial score (nSPS) is 19.1. The molecule has 1 aliphatic rings. The first-order chi connectivity index (χ1) is 6.61. The van der Waals surface area contributed by atoms with Gasteiger partial charge >= 0.3 is 0 Å². The molecule has 0 amide bonds. The Morgan fingerprint density at radius 3 is 2.50 bits per heavy atom. The van der Waals surface area contributed by atoms with Crippen LogP contribution in [-0.2, 0) is 4.79 Å². The molecule has 1 rings (SSSR count). The maximum absolute atomic E-state index is 10.5. The van der Waals surface area contributed by atoms with Gasteiger partial charge < -0.3 is 14.8 Å². The van der Waals surface area contributed by atoms with Crippen LogP contribution in [0.1, 0.15) is 26.2 Å². The molecule has 1 fully saturated rings. The lowest BCUT2D eigenvalue weighted by atomic mass is 10.1. The number of carbonyl (C=O) groups is 1. The largest absolute Gasteiger partial charge is 0.549 e. The van der Waals surface area contributed by atoms with Gasteiger partial charge in [0.25, 0.3) is 0 Å². The van der Waals surface area contributed by atoms with Crippen LogP contribution in [0.4, 0.5) is 0 Å². The van der Waals surface area contributed by atoms with Crippen molar-refractivity contribution < 1.29 is 9.90 Å². The van der Waals surface area contributed by atoms with Crippen molar-refractivity contribution in [1.29, 1.82) is 0 Å². The lowest BCUT2D eigenvalue weighted by Gasteiger charge is -2.29. The van der Waals surface area contributed by atoms with E-state index in [1.165, 1.54) is 18.2 Å². The number of carboxylic acid groups (broad SMARTS) is 1. The van der Waals surface area contributed by atoms with Gasteiger partial charge in [-0.2, -0.15) is 0 Å². The molecule has 3 nitrogen and oxygen atoms in total. The highest BCUT2D eigenvalue weighted by molar-refractivity contribution is 8.23. The minimum Gasteiger partial charge on any atom is -0.549 e. The minimum absolute atomic E-state index is 0.551. The zero-order valence-corrected chi connectivity index (χ0v) is 9.83. The molecule has 80 valence electrons. The van der Waals surface area contributed by atoms with E-state index in [1.807, 2.05) is 0 Å². The molecule has 0 aromatic rings. The standard InChI is InChI=1S/C9H15NO2S2/c1-7(8(11)12)14-9(13)10-5-3-2-4-6-10/h7H,2-6H2,1H3,(H,11,12)/p-1/t7-/m0/s1. The Labute approximate surface area is 93.9 Å². The summed E-state index contributed by atoms with van der Waals surface area (Å²) in [5.74, 6) is -1.05. The first-order valence-corrected chi connectivity index (χ1v) is 6.06. The Bertz CT molecular complexity index is 227. The van der Waals surface area contributed by atoms with Gasteiger partial charge in [-0.25, -0.2) is 0 Å². The second kappa shape index (κ2) is 5.56. The highest BCUT2D eigenvalue weighted by atomic mass is 32.2. The number of carboxylic acids is 1. The van der Waals surface area contributed by atoms with E-state index in [-0.39, 0.29) is 0 Å². The van der Waals surface area contributed by atoms with Crippen LogP contribution in [0.25, 0.3) is 0 Å². The summed E-state index contributed by atoms with van der Waals surface area (Å²) >= 11 is 6.38. The molecule has 1 atom stereocenters. The summed E-state index contributed by atoms with van der Waals surface area (Å²) in [6, 6.07) is 0. The summed E-state index contributed by atoms with van der Waals surface area (Å²) in [6.07, 6.45) is 3.56. The molecule has 0 saturated carbocycles. The molecule has 1 saturated heterocycles. The second-order valence-electron chi connectivity index (χ2n) is 3.39. The molecule has 0 spiro atoms. The Balaban J connectivity index is 2.36. The number of thiocarbonyl (C=S) groups is 1. The number of rotatable bonds is 2. The van der Waals surface area contributed by atoms with Crippen LogP contribution < -0.4 is 5.11 Å². The van der Waals surface area contributed by atoms with Gasteiger partial charge in [0.05, 0.1) is 5.97 Å². The molecular formula is C9H14NO2S2-. The lowest BCUT2D eigenvalue weighted by molar-refractivity contribution is -0.304. The van der Waals surface area contributed by atoms with Crippen molar-refractivity contribution in [1.82, 2.24) is 4.90 Å². The van der Waals surface area contributed by atoms with Crippen molar-refractivity contribution >= 4 is 34.3 Å². The summed E-state index contributed by atoms with van der Waals surface area (Å²) in [6.45, 7) is 3.54. The Kier molecular flexibility index (Phi) is 4.68. The summed E-state index contributed by atoms with van der Waals surface area (Å²) in [5.41, 5.74) is 0. The highest BCUT2D eigenvalue weighted by Crippen LogP contribution is 2.19. The minimum atomic E-state index is -1.05. The lowest BCUT2D eigenvalue weighted by Crippen LogP contribution is -2.37. The summed E-state index contributed by atoms with van der Waals surface area (Å²) in [7, 11) is 0. The van der Waals surface area contributed by atoms with Gasteiger partial charge in [0.1, 0.15) is 4.32 Å². The van der Waals surface area contributed by atoms with Gasteiger partial charge in [-0.15, -0.1) is 0 Å². The Hall–Kier alpha value is -0.290. The van der Waals surface area contributed by atoms with Crippen molar-refractivity contribution in [3.05, 3.63) is 0 Å². The topological polar surface area (TPSA) is 43.4 Å². The van der Waals surface area contributed by atoms with Crippen LogP contribution in [0, 0.1) is 0 Å². The SMILES string of the molecule is C[C@H](SC(=S)N1CCCCC1)C(=O)[O-]. The zero-order chi connectivity index (χ0) is 10.6. The molecule has 0 bridgehead atoms. The van der Waals surface area contributed by atoms with E-state index >= 15 is 0 Å². The van der Waals surface area contributed by atoms with E-state index in [1.54, 1.807) is 6.92 Å². The number of aliphatic carboxylic acids is 1. The number of thioether (sulfide) groups is 1. The number of carbonyl (C=O) groups excluding carboxylic acids is 1. The van der Waals surface area contributed by atoms with Crippen LogP contribution >= 0.6 is 24.0 Å². The quantitative estimate of drug-likeness (QED) is 0.653. The fraction of sp³-hybridized carbons (Fsp3) is 0.778. The molecule has 0 aliphatic carbocycles. The average Bonchev–Trinajstić information content (AvgIpc) is 2.19. The van der Waals surface area contributed by atoms with Crippen molar-refractivity contribution in [3.63, 3.8) is 0 Å². The van der Waals surface area contributed by atoms with Gasteiger partial charge in [0.2, 0.25) is 0 Å². The first-order valence-electron chi connectivity index (χ1n) is 4.77. The fourth-order valence-corrected chi connectivity index (χ4v) is 2.70. The van der Waals surface area contributed by atoms with Gasteiger partial charge in [0.15, 0.2) is 0 Å². The van der Waals surface area contributed by atoms with Crippen molar-refractivity contribution in [3.8, 4) is 0 Å². The van der Waals surface area contributed by atoms with E-state index < -0.39 is 11.2 Å². The van der Waals surface area contributed by atoms with E-state index in [4.69, 9.17) is 12.2 Å². The number of hydrogen-bond acceptors (Lipinski definition) is 4. The predicted molar refractivity (Wildman–Crippen MR) is 60.1 cm³/mol. The third-order valence-electron chi connectivity index (χ3n) is 2.22. The number of piperidine rings is 1. The summed E-state index contributed by atoms with van der Waals surface area (Å²) < 4.78 is 0.696. The highest BCUT2D eigenvalue weighted by Gasteiger charge is 2.16. The van der Waals surface area contributed by atoms with E-state index in [9.17, 15) is 9.90 Å². The van der Waals surface area contributed by atoms with E-state index in [0.29, 0.717) is 4.32 Å². The molecule has 0 aromatic carbocycles. The number of hydrogen-bond donors (Lipinski definition) is 0. The molecule has 5 heteroatoms. The van der Waals surface area contributed by atoms with Gasteiger partial charge in [-0.1, -0.05) is 24.0 Å². The zero-order valence-electron chi connectivity index (χ0n) is 8.19. The maximum atomic E-state index is 10.5.